The molecule has 0 spiro atoms. The third kappa shape index (κ3) is 6.35. The zero-order chi connectivity index (χ0) is 16.2. The van der Waals surface area contributed by atoms with E-state index in [1.165, 1.54) is 0 Å². The number of carbonyl (C=O) groups excluding carboxylic acids is 1. The zero-order valence-electron chi connectivity index (χ0n) is 11.9. The molecule has 0 fully saturated rings. The fraction of sp³-hybridized carbons (Fsp3) is 0.429. The van der Waals surface area contributed by atoms with Gasteiger partial charge in [0.25, 0.3) is 0 Å². The summed E-state index contributed by atoms with van der Waals surface area (Å²) in [6.07, 6.45) is -0.677. The van der Waals surface area contributed by atoms with Crippen molar-refractivity contribution in [3.8, 4) is 0 Å². The molecule has 116 valence electrons. The van der Waals surface area contributed by atoms with Gasteiger partial charge in [-0.25, -0.2) is 9.59 Å². The van der Waals surface area contributed by atoms with Gasteiger partial charge in [-0.1, -0.05) is 27.5 Å². The minimum atomic E-state index is -1.15. The number of halogens is 2. The number of rotatable bonds is 4. The van der Waals surface area contributed by atoms with Gasteiger partial charge in [-0.2, -0.15) is 0 Å². The lowest BCUT2D eigenvalue weighted by Gasteiger charge is -2.22. The molecule has 1 aromatic rings. The van der Waals surface area contributed by atoms with Gasteiger partial charge >= 0.3 is 12.1 Å². The van der Waals surface area contributed by atoms with Crippen LogP contribution >= 0.6 is 27.5 Å². The van der Waals surface area contributed by atoms with Crippen molar-refractivity contribution in [3.63, 3.8) is 0 Å². The van der Waals surface area contributed by atoms with E-state index in [9.17, 15) is 14.7 Å². The van der Waals surface area contributed by atoms with Crippen LogP contribution in [0.5, 0.6) is 0 Å². The highest BCUT2D eigenvalue weighted by atomic mass is 79.9. The monoisotopic (exact) mass is 377 g/mol. The Kier molecular flexibility index (Phi) is 6.04. The summed E-state index contributed by atoms with van der Waals surface area (Å²) < 4.78 is 5.78. The molecule has 0 radical (unpaired) electrons. The maximum atomic E-state index is 11.7. The second kappa shape index (κ2) is 7.13. The molecule has 1 amide bonds. The molecule has 1 rings (SSSR count). The van der Waals surface area contributed by atoms with Crippen LogP contribution in [-0.4, -0.2) is 28.8 Å². The third-order valence-electron chi connectivity index (χ3n) is 2.42. The third-order valence-corrected chi connectivity index (χ3v) is 3.43. The summed E-state index contributed by atoms with van der Waals surface area (Å²) >= 11 is 9.22. The standard InChI is InChI=1S/C14H17BrClNO4/c1-14(2,3)21-13(20)17-11(12(18)19)7-8-6-9(16)4-5-10(8)15/h4-6,11H,7H2,1-3H3,(H,17,20)(H,18,19)/t11-/m1/s1. The van der Waals surface area contributed by atoms with Crippen LogP contribution in [0.2, 0.25) is 5.02 Å². The Bertz CT molecular complexity index is 542. The summed E-state index contributed by atoms with van der Waals surface area (Å²) in [5, 5.41) is 12.1. The summed E-state index contributed by atoms with van der Waals surface area (Å²) in [6.45, 7) is 5.11. The molecular weight excluding hydrogens is 362 g/mol. The molecule has 0 saturated heterocycles. The van der Waals surface area contributed by atoms with Crippen molar-refractivity contribution in [1.29, 1.82) is 0 Å². The van der Waals surface area contributed by atoms with Gasteiger partial charge in [0.2, 0.25) is 0 Å². The summed E-state index contributed by atoms with van der Waals surface area (Å²) in [4.78, 5) is 23.0. The number of carboxylic acid groups (broad SMARTS) is 1. The molecule has 0 unspecified atom stereocenters. The lowest BCUT2D eigenvalue weighted by molar-refractivity contribution is -0.139. The number of hydrogen-bond donors (Lipinski definition) is 2. The summed E-state index contributed by atoms with van der Waals surface area (Å²) in [5.41, 5.74) is -0.00463. The number of nitrogens with one attached hydrogen (secondary N) is 1. The molecule has 21 heavy (non-hydrogen) atoms. The van der Waals surface area contributed by atoms with Crippen LogP contribution in [0.15, 0.2) is 22.7 Å². The van der Waals surface area contributed by atoms with Gasteiger partial charge in [0.1, 0.15) is 11.6 Å². The lowest BCUT2D eigenvalue weighted by Crippen LogP contribution is -2.44. The highest BCUT2D eigenvalue weighted by Gasteiger charge is 2.24. The summed E-state index contributed by atoms with van der Waals surface area (Å²) in [7, 11) is 0. The Morgan fingerprint density at radius 2 is 2.05 bits per heavy atom. The van der Waals surface area contributed by atoms with Gasteiger partial charge < -0.3 is 15.2 Å². The van der Waals surface area contributed by atoms with Crippen LogP contribution in [0.4, 0.5) is 4.79 Å². The van der Waals surface area contributed by atoms with Crippen molar-refractivity contribution < 1.29 is 19.4 Å². The molecule has 5 nitrogen and oxygen atoms in total. The van der Waals surface area contributed by atoms with E-state index in [2.05, 4.69) is 21.2 Å². The van der Waals surface area contributed by atoms with Crippen molar-refractivity contribution in [2.75, 3.05) is 0 Å². The minimum absolute atomic E-state index is 0.0930. The van der Waals surface area contributed by atoms with Gasteiger partial charge in [0.15, 0.2) is 0 Å². The Labute approximate surface area is 136 Å². The number of amides is 1. The van der Waals surface area contributed by atoms with Crippen molar-refractivity contribution in [3.05, 3.63) is 33.3 Å². The molecule has 7 heteroatoms. The lowest BCUT2D eigenvalue weighted by atomic mass is 10.1. The molecule has 0 heterocycles. The van der Waals surface area contributed by atoms with E-state index in [0.717, 1.165) is 4.47 Å². The molecule has 1 aromatic carbocycles. The Morgan fingerprint density at radius 1 is 1.43 bits per heavy atom. The average molecular weight is 379 g/mol. The maximum Gasteiger partial charge on any atom is 0.408 e. The first-order valence-electron chi connectivity index (χ1n) is 6.25. The Balaban J connectivity index is 2.81. The Morgan fingerprint density at radius 3 is 2.57 bits per heavy atom. The van der Waals surface area contributed by atoms with Crippen molar-refractivity contribution in [2.24, 2.45) is 0 Å². The van der Waals surface area contributed by atoms with Crippen LogP contribution in [0.3, 0.4) is 0 Å². The van der Waals surface area contributed by atoms with Crippen LogP contribution < -0.4 is 5.32 Å². The van der Waals surface area contributed by atoms with Gasteiger partial charge in [0.05, 0.1) is 0 Å². The van der Waals surface area contributed by atoms with Gasteiger partial charge in [-0.3, -0.25) is 0 Å². The molecule has 0 aliphatic heterocycles. The van der Waals surface area contributed by atoms with Crippen molar-refractivity contribution in [2.45, 2.75) is 38.8 Å². The first-order valence-corrected chi connectivity index (χ1v) is 7.42. The van der Waals surface area contributed by atoms with E-state index in [1.807, 2.05) is 0 Å². The number of ether oxygens (including phenoxy) is 1. The van der Waals surface area contributed by atoms with E-state index in [0.29, 0.717) is 10.6 Å². The first-order chi connectivity index (χ1) is 9.58. The van der Waals surface area contributed by atoms with Gasteiger partial charge in [-0.05, 0) is 44.5 Å². The number of hydrogen-bond acceptors (Lipinski definition) is 3. The van der Waals surface area contributed by atoms with Crippen LogP contribution in [0, 0.1) is 0 Å². The van der Waals surface area contributed by atoms with Crippen molar-refractivity contribution in [1.82, 2.24) is 5.32 Å². The topological polar surface area (TPSA) is 75.6 Å². The highest BCUT2D eigenvalue weighted by Crippen LogP contribution is 2.22. The molecule has 0 aliphatic rings. The highest BCUT2D eigenvalue weighted by molar-refractivity contribution is 9.10. The van der Waals surface area contributed by atoms with Gasteiger partial charge in [0, 0.05) is 15.9 Å². The normalized spacial score (nSPS) is 12.6. The SMILES string of the molecule is CC(C)(C)OC(=O)N[C@H](Cc1cc(Cl)ccc1Br)C(=O)O. The second-order valence-electron chi connectivity index (χ2n) is 5.48. The predicted octanol–water partition coefficient (Wildman–Crippen LogP) is 3.62. The maximum absolute atomic E-state index is 11.7. The number of benzene rings is 1. The number of carbonyl (C=O) groups is 2. The molecule has 2 N–H and O–H groups in total. The van der Waals surface area contributed by atoms with Gasteiger partial charge in [-0.15, -0.1) is 0 Å². The average Bonchev–Trinajstić information content (AvgIpc) is 2.30. The minimum Gasteiger partial charge on any atom is -0.480 e. The fourth-order valence-electron chi connectivity index (χ4n) is 1.57. The van der Waals surface area contributed by atoms with E-state index < -0.39 is 23.7 Å². The molecule has 0 aliphatic carbocycles. The zero-order valence-corrected chi connectivity index (χ0v) is 14.3. The molecular formula is C14H17BrClNO4. The summed E-state index contributed by atoms with van der Waals surface area (Å²) in [5.74, 6) is -1.15. The van der Waals surface area contributed by atoms with Crippen LogP contribution in [0.1, 0.15) is 26.3 Å². The number of aliphatic carboxylic acids is 1. The first kappa shape index (κ1) is 17.8. The molecule has 1 atom stereocenters. The van der Waals surface area contributed by atoms with Crippen molar-refractivity contribution >= 4 is 39.6 Å². The fourth-order valence-corrected chi connectivity index (χ4v) is 2.17. The largest absolute Gasteiger partial charge is 0.480 e. The van der Waals surface area contributed by atoms with Crippen LogP contribution in [0.25, 0.3) is 0 Å². The van der Waals surface area contributed by atoms with E-state index in [4.69, 9.17) is 16.3 Å². The summed E-state index contributed by atoms with van der Waals surface area (Å²) in [6, 6.07) is 3.96. The molecule has 0 aromatic heterocycles. The van der Waals surface area contributed by atoms with E-state index in [1.54, 1.807) is 39.0 Å². The van der Waals surface area contributed by atoms with E-state index in [-0.39, 0.29) is 6.42 Å². The quantitative estimate of drug-likeness (QED) is 0.839. The molecule has 0 saturated carbocycles. The Hall–Kier alpha value is -1.27. The number of alkyl carbamates (subject to hydrolysis) is 1. The smallest absolute Gasteiger partial charge is 0.408 e. The number of carboxylic acids is 1. The van der Waals surface area contributed by atoms with E-state index >= 15 is 0 Å². The predicted molar refractivity (Wildman–Crippen MR) is 83.6 cm³/mol. The second-order valence-corrected chi connectivity index (χ2v) is 6.77. The molecule has 0 bridgehead atoms. The van der Waals surface area contributed by atoms with Crippen LogP contribution in [-0.2, 0) is 16.0 Å².